The number of methoxy groups -OCH3 is 2. The second kappa shape index (κ2) is 8.77. The number of aliphatic hydroxyl groups is 1. The van der Waals surface area contributed by atoms with E-state index in [0.717, 1.165) is 0 Å². The molecular weight excluding hydrogens is 430 g/mol. The summed E-state index contributed by atoms with van der Waals surface area (Å²) in [4.78, 5) is 27.8. The smallest absolute Gasteiger partial charge is 0.300 e. The van der Waals surface area contributed by atoms with Crippen molar-refractivity contribution in [2.75, 3.05) is 19.1 Å². The zero-order valence-electron chi connectivity index (χ0n) is 17.4. The standard InChI is InChI=1S/C25H20ClNO5/c1-31-16-12-13-18(26)17(14-16)23(28)21-22(15-8-4-3-5-9-15)27(25(30)24(21)29)19-10-6-7-11-20(19)32-2/h3-14,22,28H,1-2H3/b23-21+. The summed E-state index contributed by atoms with van der Waals surface area (Å²) in [6.07, 6.45) is 0. The Morgan fingerprint density at radius 3 is 2.31 bits per heavy atom. The van der Waals surface area contributed by atoms with Gasteiger partial charge in [-0.2, -0.15) is 0 Å². The largest absolute Gasteiger partial charge is 0.507 e. The lowest BCUT2D eigenvalue weighted by Gasteiger charge is -2.26. The van der Waals surface area contributed by atoms with Gasteiger partial charge >= 0.3 is 0 Å². The number of hydrogen-bond donors (Lipinski definition) is 1. The minimum Gasteiger partial charge on any atom is -0.507 e. The minimum atomic E-state index is -0.880. The van der Waals surface area contributed by atoms with Gasteiger partial charge in [0.15, 0.2) is 0 Å². The fourth-order valence-electron chi connectivity index (χ4n) is 3.82. The third-order valence-electron chi connectivity index (χ3n) is 5.33. The van der Waals surface area contributed by atoms with Gasteiger partial charge in [-0.1, -0.05) is 54.1 Å². The number of carbonyl (C=O) groups excluding carboxylic acids is 2. The number of ether oxygens (including phenoxy) is 2. The maximum Gasteiger partial charge on any atom is 0.300 e. The van der Waals surface area contributed by atoms with Crippen molar-refractivity contribution >= 4 is 34.7 Å². The van der Waals surface area contributed by atoms with E-state index < -0.39 is 17.7 Å². The molecule has 0 bridgehead atoms. The Balaban J connectivity index is 1.99. The second-order valence-corrected chi connectivity index (χ2v) is 7.50. The molecule has 0 aromatic heterocycles. The summed E-state index contributed by atoms with van der Waals surface area (Å²) in [5, 5.41) is 11.5. The molecule has 1 saturated heterocycles. The molecule has 3 aromatic rings. The third-order valence-corrected chi connectivity index (χ3v) is 5.66. The summed E-state index contributed by atoms with van der Waals surface area (Å²) in [5.41, 5.74) is 1.20. The number of para-hydroxylation sites is 2. The molecule has 1 N–H and O–H groups in total. The van der Waals surface area contributed by atoms with Crippen LogP contribution < -0.4 is 14.4 Å². The number of halogens is 1. The van der Waals surface area contributed by atoms with Crippen LogP contribution >= 0.6 is 11.6 Å². The van der Waals surface area contributed by atoms with Crippen LogP contribution in [0.15, 0.2) is 78.4 Å². The van der Waals surface area contributed by atoms with Gasteiger partial charge in [0, 0.05) is 5.56 Å². The number of aliphatic hydroxyl groups excluding tert-OH is 1. The van der Waals surface area contributed by atoms with Crippen molar-refractivity contribution in [3.63, 3.8) is 0 Å². The van der Waals surface area contributed by atoms with Crippen molar-refractivity contribution < 1.29 is 24.2 Å². The molecule has 1 amide bonds. The van der Waals surface area contributed by atoms with E-state index in [-0.39, 0.29) is 21.9 Å². The number of amides is 1. The summed E-state index contributed by atoms with van der Waals surface area (Å²) < 4.78 is 10.7. The van der Waals surface area contributed by atoms with Crippen LogP contribution in [-0.4, -0.2) is 31.0 Å². The topological polar surface area (TPSA) is 76.1 Å². The highest BCUT2D eigenvalue weighted by molar-refractivity contribution is 6.52. The molecular formula is C25H20ClNO5. The van der Waals surface area contributed by atoms with Crippen molar-refractivity contribution in [3.05, 3.63) is 94.5 Å². The summed E-state index contributed by atoms with van der Waals surface area (Å²) in [7, 11) is 2.97. The van der Waals surface area contributed by atoms with Crippen molar-refractivity contribution in [2.24, 2.45) is 0 Å². The number of carbonyl (C=O) groups is 2. The molecule has 1 unspecified atom stereocenters. The van der Waals surface area contributed by atoms with Crippen LogP contribution in [0.4, 0.5) is 5.69 Å². The first-order valence-corrected chi connectivity index (χ1v) is 10.2. The Morgan fingerprint density at radius 2 is 1.62 bits per heavy atom. The number of Topliss-reactive ketones (excluding diaryl/α,β-unsaturated/α-hetero) is 1. The maximum atomic E-state index is 13.2. The Labute approximate surface area is 190 Å². The highest BCUT2D eigenvalue weighted by atomic mass is 35.5. The lowest BCUT2D eigenvalue weighted by Crippen LogP contribution is -2.29. The molecule has 1 fully saturated rings. The molecule has 1 heterocycles. The van der Waals surface area contributed by atoms with Gasteiger partial charge in [-0.15, -0.1) is 0 Å². The van der Waals surface area contributed by atoms with E-state index in [4.69, 9.17) is 21.1 Å². The molecule has 0 saturated carbocycles. The summed E-state index contributed by atoms with van der Waals surface area (Å²) >= 11 is 6.33. The first-order valence-electron chi connectivity index (χ1n) is 9.80. The van der Waals surface area contributed by atoms with Gasteiger partial charge in [0.25, 0.3) is 11.7 Å². The molecule has 0 spiro atoms. The van der Waals surface area contributed by atoms with E-state index in [0.29, 0.717) is 22.7 Å². The molecule has 3 aromatic carbocycles. The fourth-order valence-corrected chi connectivity index (χ4v) is 4.03. The maximum absolute atomic E-state index is 13.2. The monoisotopic (exact) mass is 449 g/mol. The molecule has 6 nitrogen and oxygen atoms in total. The van der Waals surface area contributed by atoms with Crippen LogP contribution in [0, 0.1) is 0 Å². The Bertz CT molecular complexity index is 1220. The molecule has 7 heteroatoms. The van der Waals surface area contributed by atoms with E-state index in [9.17, 15) is 14.7 Å². The predicted octanol–water partition coefficient (Wildman–Crippen LogP) is 4.98. The molecule has 0 radical (unpaired) electrons. The van der Waals surface area contributed by atoms with Crippen molar-refractivity contribution in [3.8, 4) is 11.5 Å². The van der Waals surface area contributed by atoms with E-state index >= 15 is 0 Å². The summed E-state index contributed by atoms with van der Waals surface area (Å²) in [6, 6.07) is 19.8. The lowest BCUT2D eigenvalue weighted by atomic mass is 9.95. The highest BCUT2D eigenvalue weighted by Crippen LogP contribution is 2.45. The number of rotatable bonds is 5. The van der Waals surface area contributed by atoms with Gasteiger partial charge in [-0.05, 0) is 35.9 Å². The van der Waals surface area contributed by atoms with Crippen LogP contribution in [-0.2, 0) is 9.59 Å². The summed E-state index contributed by atoms with van der Waals surface area (Å²) in [5.74, 6) is -1.09. The van der Waals surface area contributed by atoms with Crippen LogP contribution in [0.1, 0.15) is 17.2 Å². The van der Waals surface area contributed by atoms with Crippen LogP contribution in [0.25, 0.3) is 5.76 Å². The number of hydrogen-bond acceptors (Lipinski definition) is 5. The quantitative estimate of drug-likeness (QED) is 0.337. The van der Waals surface area contributed by atoms with Gasteiger partial charge in [0.2, 0.25) is 0 Å². The average molecular weight is 450 g/mol. The fraction of sp³-hybridized carbons (Fsp3) is 0.120. The second-order valence-electron chi connectivity index (χ2n) is 7.10. The van der Waals surface area contributed by atoms with E-state index in [1.807, 2.05) is 6.07 Å². The first-order chi connectivity index (χ1) is 15.5. The highest BCUT2D eigenvalue weighted by Gasteiger charge is 2.47. The zero-order chi connectivity index (χ0) is 22.8. The van der Waals surface area contributed by atoms with E-state index in [2.05, 4.69) is 0 Å². The first kappa shape index (κ1) is 21.5. The SMILES string of the molecule is COc1ccc(Cl)c(/C(O)=C2\C(=O)C(=O)N(c3ccccc3OC)C2c2ccccc2)c1. The van der Waals surface area contributed by atoms with Crippen LogP contribution in [0.2, 0.25) is 5.02 Å². The molecule has 32 heavy (non-hydrogen) atoms. The lowest BCUT2D eigenvalue weighted by molar-refractivity contribution is -0.132. The number of benzene rings is 3. The van der Waals surface area contributed by atoms with Gasteiger partial charge < -0.3 is 14.6 Å². The number of anilines is 1. The van der Waals surface area contributed by atoms with Crippen LogP contribution in [0.5, 0.6) is 11.5 Å². The predicted molar refractivity (Wildman–Crippen MR) is 122 cm³/mol. The summed E-state index contributed by atoms with van der Waals surface area (Å²) in [6.45, 7) is 0. The van der Waals surface area contributed by atoms with Crippen molar-refractivity contribution in [2.45, 2.75) is 6.04 Å². The van der Waals surface area contributed by atoms with E-state index in [1.165, 1.54) is 25.2 Å². The van der Waals surface area contributed by atoms with Gasteiger partial charge in [-0.3, -0.25) is 14.5 Å². The normalized spacial score (nSPS) is 17.5. The minimum absolute atomic E-state index is 0.0674. The molecule has 1 atom stereocenters. The Morgan fingerprint density at radius 1 is 0.938 bits per heavy atom. The average Bonchev–Trinajstić information content (AvgIpc) is 3.09. The molecule has 1 aliphatic rings. The van der Waals surface area contributed by atoms with Crippen molar-refractivity contribution in [1.82, 2.24) is 0 Å². The van der Waals surface area contributed by atoms with Gasteiger partial charge in [0.05, 0.1) is 36.5 Å². The van der Waals surface area contributed by atoms with Gasteiger partial charge in [0.1, 0.15) is 17.3 Å². The number of ketones is 1. The Kier molecular flexibility index (Phi) is 5.88. The van der Waals surface area contributed by atoms with Crippen LogP contribution in [0.3, 0.4) is 0 Å². The van der Waals surface area contributed by atoms with Gasteiger partial charge in [-0.25, -0.2) is 0 Å². The van der Waals surface area contributed by atoms with E-state index in [1.54, 1.807) is 60.7 Å². The van der Waals surface area contributed by atoms with Crippen molar-refractivity contribution in [1.29, 1.82) is 0 Å². The molecule has 162 valence electrons. The molecule has 0 aliphatic carbocycles. The zero-order valence-corrected chi connectivity index (χ0v) is 18.2. The molecule has 1 aliphatic heterocycles. The molecule has 4 rings (SSSR count). The third kappa shape index (κ3) is 3.59. The number of nitrogens with zero attached hydrogens (tertiary/aromatic N) is 1. The Hall–Kier alpha value is -3.77.